The molecule has 0 fully saturated rings. The molecule has 4 aromatic rings. The van der Waals surface area contributed by atoms with Crippen LogP contribution in [0.1, 0.15) is 38.8 Å². The average Bonchev–Trinajstić information content (AvgIpc) is 3.26. The Bertz CT molecular complexity index is 1420. The van der Waals surface area contributed by atoms with E-state index >= 15 is 0 Å². The predicted molar refractivity (Wildman–Crippen MR) is 125 cm³/mol. The summed E-state index contributed by atoms with van der Waals surface area (Å²) < 4.78 is 44.8. The number of halogens is 3. The third kappa shape index (κ3) is 4.37. The largest absolute Gasteiger partial charge is 0.491 e. The summed E-state index contributed by atoms with van der Waals surface area (Å²) in [6.07, 6.45) is -3.70. The average molecular weight is 478 g/mol. The summed E-state index contributed by atoms with van der Waals surface area (Å²) in [7, 11) is 0. The van der Waals surface area contributed by atoms with Crippen LogP contribution in [0, 0.1) is 6.92 Å². The molecule has 1 atom stereocenters. The zero-order chi connectivity index (χ0) is 24.7. The molecule has 6 nitrogen and oxygen atoms in total. The molecule has 1 unspecified atom stereocenters. The Hall–Kier alpha value is -4.14. The Morgan fingerprint density at radius 2 is 1.94 bits per heavy atom. The van der Waals surface area contributed by atoms with Crippen LogP contribution in [0.4, 0.5) is 19.0 Å². The molecule has 1 aliphatic rings. The SMILES string of the molecule is Cc1cc2cc(C(=O)N(Cc3ccc(C(F)(F)F)cn3)C3COc4ccccc43)ccc2nc1N. The van der Waals surface area contributed by atoms with Crippen LogP contribution in [0.15, 0.2) is 66.9 Å². The fraction of sp³-hybridized carbons (Fsp3) is 0.192. The van der Waals surface area contributed by atoms with Crippen molar-refractivity contribution in [3.8, 4) is 5.75 Å². The van der Waals surface area contributed by atoms with Gasteiger partial charge in [-0.05, 0) is 55.0 Å². The van der Waals surface area contributed by atoms with E-state index in [1.54, 1.807) is 23.1 Å². The lowest BCUT2D eigenvalue weighted by Gasteiger charge is -2.28. The predicted octanol–water partition coefficient (Wildman–Crippen LogP) is 5.32. The van der Waals surface area contributed by atoms with Crippen molar-refractivity contribution in [3.05, 3.63) is 94.8 Å². The van der Waals surface area contributed by atoms with E-state index in [-0.39, 0.29) is 19.1 Å². The van der Waals surface area contributed by atoms with Gasteiger partial charge in [0.2, 0.25) is 0 Å². The first-order chi connectivity index (χ1) is 16.7. The van der Waals surface area contributed by atoms with Crippen molar-refractivity contribution in [2.24, 2.45) is 0 Å². The molecule has 5 rings (SSSR count). The van der Waals surface area contributed by atoms with Crippen molar-refractivity contribution >= 4 is 22.6 Å². The molecule has 2 aromatic heterocycles. The van der Waals surface area contributed by atoms with E-state index in [0.717, 1.165) is 28.8 Å². The van der Waals surface area contributed by atoms with E-state index in [9.17, 15) is 18.0 Å². The molecule has 2 N–H and O–H groups in total. The van der Waals surface area contributed by atoms with Gasteiger partial charge in [-0.25, -0.2) is 4.98 Å². The molecular formula is C26H21F3N4O2. The normalized spacial score (nSPS) is 15.0. The van der Waals surface area contributed by atoms with Crippen molar-refractivity contribution in [1.29, 1.82) is 0 Å². The number of ether oxygens (including phenoxy) is 1. The summed E-state index contributed by atoms with van der Waals surface area (Å²) in [6, 6.07) is 16.2. The molecule has 0 aliphatic carbocycles. The van der Waals surface area contributed by atoms with Gasteiger partial charge in [0.15, 0.2) is 0 Å². The number of aromatic nitrogens is 2. The van der Waals surface area contributed by atoms with Gasteiger partial charge in [-0.2, -0.15) is 13.2 Å². The zero-order valence-electron chi connectivity index (χ0n) is 18.7. The van der Waals surface area contributed by atoms with Crippen molar-refractivity contribution in [3.63, 3.8) is 0 Å². The number of para-hydroxylation sites is 1. The fourth-order valence-corrected chi connectivity index (χ4v) is 4.18. The number of nitrogen functional groups attached to an aromatic ring is 1. The number of nitrogens with zero attached hydrogens (tertiary/aromatic N) is 3. The minimum Gasteiger partial charge on any atom is -0.491 e. The van der Waals surface area contributed by atoms with Crippen LogP contribution in [0.3, 0.4) is 0 Å². The smallest absolute Gasteiger partial charge is 0.417 e. The fourth-order valence-electron chi connectivity index (χ4n) is 4.18. The summed E-state index contributed by atoms with van der Waals surface area (Å²) in [5.41, 5.74) is 8.11. The molecule has 9 heteroatoms. The number of carbonyl (C=O) groups is 1. The Kier molecular flexibility index (Phi) is 5.55. The summed E-state index contributed by atoms with van der Waals surface area (Å²) in [4.78, 5) is 23.7. The number of aryl methyl sites for hydroxylation is 1. The first-order valence-electron chi connectivity index (χ1n) is 10.9. The van der Waals surface area contributed by atoms with Gasteiger partial charge in [-0.15, -0.1) is 0 Å². The number of benzene rings is 2. The van der Waals surface area contributed by atoms with Crippen LogP contribution in [0.2, 0.25) is 0 Å². The van der Waals surface area contributed by atoms with Crippen LogP contribution in [-0.4, -0.2) is 27.4 Å². The number of alkyl halides is 3. The number of hydrogen-bond donors (Lipinski definition) is 1. The van der Waals surface area contributed by atoms with Gasteiger partial charge in [0.1, 0.15) is 18.2 Å². The maximum Gasteiger partial charge on any atom is 0.417 e. The number of fused-ring (bicyclic) bond motifs is 2. The van der Waals surface area contributed by atoms with E-state index < -0.39 is 17.8 Å². The van der Waals surface area contributed by atoms with Crippen LogP contribution in [0.5, 0.6) is 5.75 Å². The maximum absolute atomic E-state index is 13.8. The Morgan fingerprint density at radius 3 is 2.69 bits per heavy atom. The molecule has 35 heavy (non-hydrogen) atoms. The first-order valence-corrected chi connectivity index (χ1v) is 10.9. The molecule has 1 amide bonds. The number of nitrogens with two attached hydrogens (primary N) is 1. The first kappa shape index (κ1) is 22.6. The van der Waals surface area contributed by atoms with Gasteiger partial charge in [0, 0.05) is 22.7 Å². The molecule has 0 saturated carbocycles. The minimum absolute atomic E-state index is 0.0103. The van der Waals surface area contributed by atoms with Crippen molar-refractivity contribution < 1.29 is 22.7 Å². The highest BCUT2D eigenvalue weighted by molar-refractivity contribution is 5.98. The van der Waals surface area contributed by atoms with Crippen LogP contribution in [-0.2, 0) is 12.7 Å². The van der Waals surface area contributed by atoms with Crippen LogP contribution >= 0.6 is 0 Å². The van der Waals surface area contributed by atoms with Gasteiger partial charge in [0.25, 0.3) is 5.91 Å². The summed E-state index contributed by atoms with van der Waals surface area (Å²) in [6.45, 7) is 2.08. The van der Waals surface area contributed by atoms with Gasteiger partial charge in [-0.1, -0.05) is 18.2 Å². The summed E-state index contributed by atoms with van der Waals surface area (Å²) >= 11 is 0. The van der Waals surface area contributed by atoms with Gasteiger partial charge < -0.3 is 15.4 Å². The molecule has 2 aromatic carbocycles. The van der Waals surface area contributed by atoms with E-state index in [4.69, 9.17) is 10.5 Å². The highest BCUT2D eigenvalue weighted by Crippen LogP contribution is 2.37. The van der Waals surface area contributed by atoms with Gasteiger partial charge >= 0.3 is 6.18 Å². The highest BCUT2D eigenvalue weighted by Gasteiger charge is 2.34. The van der Waals surface area contributed by atoms with Gasteiger partial charge in [0.05, 0.1) is 29.4 Å². The highest BCUT2D eigenvalue weighted by atomic mass is 19.4. The van der Waals surface area contributed by atoms with E-state index in [1.807, 2.05) is 37.3 Å². The monoisotopic (exact) mass is 478 g/mol. The van der Waals surface area contributed by atoms with Crippen molar-refractivity contribution in [2.75, 3.05) is 12.3 Å². The van der Waals surface area contributed by atoms with Crippen LogP contribution < -0.4 is 10.5 Å². The maximum atomic E-state index is 13.8. The Balaban J connectivity index is 1.53. The van der Waals surface area contributed by atoms with Crippen molar-refractivity contribution in [2.45, 2.75) is 25.7 Å². The molecule has 0 spiro atoms. The second-order valence-corrected chi connectivity index (χ2v) is 8.43. The molecule has 3 heterocycles. The third-order valence-corrected chi connectivity index (χ3v) is 6.09. The second-order valence-electron chi connectivity index (χ2n) is 8.43. The quantitative estimate of drug-likeness (QED) is 0.430. The number of amides is 1. The number of pyridine rings is 2. The zero-order valence-corrected chi connectivity index (χ0v) is 18.7. The number of carbonyl (C=O) groups excluding carboxylic acids is 1. The number of anilines is 1. The number of rotatable bonds is 4. The minimum atomic E-state index is -4.49. The van der Waals surface area contributed by atoms with Crippen LogP contribution in [0.25, 0.3) is 10.9 Å². The molecule has 178 valence electrons. The lowest BCUT2D eigenvalue weighted by Crippen LogP contribution is -2.35. The molecule has 0 radical (unpaired) electrons. The van der Waals surface area contributed by atoms with E-state index in [0.29, 0.717) is 28.3 Å². The van der Waals surface area contributed by atoms with E-state index in [1.165, 1.54) is 6.07 Å². The Labute approximate surface area is 199 Å². The van der Waals surface area contributed by atoms with Crippen molar-refractivity contribution in [1.82, 2.24) is 14.9 Å². The number of hydrogen-bond acceptors (Lipinski definition) is 5. The molecule has 0 saturated heterocycles. The summed E-state index contributed by atoms with van der Waals surface area (Å²) in [5.74, 6) is 0.796. The Morgan fingerprint density at radius 1 is 1.14 bits per heavy atom. The topological polar surface area (TPSA) is 81.3 Å². The van der Waals surface area contributed by atoms with E-state index in [2.05, 4.69) is 9.97 Å². The molecular weight excluding hydrogens is 457 g/mol. The second kappa shape index (κ2) is 8.57. The lowest BCUT2D eigenvalue weighted by molar-refractivity contribution is -0.137. The molecule has 1 aliphatic heterocycles. The van der Waals surface area contributed by atoms with Gasteiger partial charge in [-0.3, -0.25) is 9.78 Å². The standard InChI is InChI=1S/C26H21F3N4O2/c1-15-10-17-11-16(6-9-21(17)32-24(15)30)25(34)33(22-14-35-23-5-3-2-4-20(22)23)13-19-8-7-18(12-31-19)26(27,28)29/h2-12,22H,13-14H2,1H3,(H2,30,32). The third-order valence-electron chi connectivity index (χ3n) is 6.09. The molecule has 0 bridgehead atoms. The lowest BCUT2D eigenvalue weighted by atomic mass is 10.0. The summed E-state index contributed by atoms with van der Waals surface area (Å²) in [5, 5.41) is 0.762.